The van der Waals surface area contributed by atoms with Crippen molar-refractivity contribution >= 4 is 60.2 Å². The molecule has 0 N–H and O–H groups in total. The number of pyridine rings is 1. The smallest absolute Gasteiger partial charge is 0.146 e. The van der Waals surface area contributed by atoms with Gasteiger partial charge in [-0.15, -0.1) is 0 Å². The van der Waals surface area contributed by atoms with Gasteiger partial charge in [0.2, 0.25) is 0 Å². The van der Waals surface area contributed by atoms with Gasteiger partial charge in [0.25, 0.3) is 0 Å². The molecule has 1 aliphatic rings. The van der Waals surface area contributed by atoms with E-state index in [2.05, 4.69) is 174 Å². The quantitative estimate of drug-likeness (QED) is 0.175. The molecule has 0 radical (unpaired) electrons. The van der Waals surface area contributed by atoms with Gasteiger partial charge in [-0.05, 0) is 75.2 Å². The summed E-state index contributed by atoms with van der Waals surface area (Å²) >= 11 is 0. The first kappa shape index (κ1) is 26.8. The molecule has 0 bridgehead atoms. The predicted molar refractivity (Wildman–Crippen MR) is 205 cm³/mol. The first-order valence-corrected chi connectivity index (χ1v) is 17.1. The Hall–Kier alpha value is -6.19. The van der Waals surface area contributed by atoms with Crippen LogP contribution in [-0.2, 0) is 5.41 Å². The Morgan fingerprint density at radius 3 is 2.02 bits per heavy atom. The molecule has 0 atom stereocenters. The van der Waals surface area contributed by atoms with E-state index in [1.807, 2.05) is 0 Å². The molecule has 0 saturated heterocycles. The van der Waals surface area contributed by atoms with Crippen LogP contribution in [0.15, 0.2) is 152 Å². The number of para-hydroxylation sites is 3. The van der Waals surface area contributed by atoms with Crippen molar-refractivity contribution in [1.29, 1.82) is 0 Å². The summed E-state index contributed by atoms with van der Waals surface area (Å²) < 4.78 is 4.87. The minimum atomic E-state index is -0.0106. The van der Waals surface area contributed by atoms with Gasteiger partial charge < -0.3 is 4.57 Å². The number of rotatable bonds is 2. The molecule has 1 aliphatic carbocycles. The molecule has 0 aliphatic heterocycles. The molecule has 11 rings (SSSR count). The van der Waals surface area contributed by atoms with E-state index in [4.69, 9.17) is 4.98 Å². The first-order valence-electron chi connectivity index (χ1n) is 17.1. The first-order chi connectivity index (χ1) is 24.1. The van der Waals surface area contributed by atoms with Crippen LogP contribution in [0.25, 0.3) is 88.1 Å². The Labute approximate surface area is 283 Å². The van der Waals surface area contributed by atoms with Gasteiger partial charge in [0, 0.05) is 32.6 Å². The van der Waals surface area contributed by atoms with Gasteiger partial charge in [-0.1, -0.05) is 129 Å². The van der Waals surface area contributed by atoms with Crippen LogP contribution in [-0.4, -0.2) is 14.0 Å². The summed E-state index contributed by atoms with van der Waals surface area (Å²) in [6.45, 7) is 4.68. The standard InChI is InChI=1S/C46H31N3/c1-46(2)38-18-7-5-15-32(38)37-27-29(22-25-39(37)46)28-12-11-13-30(26-28)48-41-20-9-6-16-33(41)35-24-23-34-31-14-3-4-17-36(31)45-47-40-19-8-10-21-42(40)49(45)44(34)43(35)48/h3-27H,1-2H3. The van der Waals surface area contributed by atoms with E-state index < -0.39 is 0 Å². The Balaban J connectivity index is 1.24. The monoisotopic (exact) mass is 625 g/mol. The second-order valence-corrected chi connectivity index (χ2v) is 14.0. The van der Waals surface area contributed by atoms with Gasteiger partial charge in [-0.2, -0.15) is 0 Å². The Morgan fingerprint density at radius 2 is 1.14 bits per heavy atom. The number of benzene rings is 7. The van der Waals surface area contributed by atoms with Crippen LogP contribution < -0.4 is 0 Å². The van der Waals surface area contributed by atoms with Gasteiger partial charge in [-0.25, -0.2) is 4.98 Å². The summed E-state index contributed by atoms with van der Waals surface area (Å²) in [5.74, 6) is 0. The molecular formula is C46H31N3. The maximum Gasteiger partial charge on any atom is 0.146 e. The van der Waals surface area contributed by atoms with Crippen LogP contribution in [0, 0.1) is 0 Å². The highest BCUT2D eigenvalue weighted by molar-refractivity contribution is 6.24. The molecule has 10 aromatic rings. The zero-order valence-corrected chi connectivity index (χ0v) is 27.3. The maximum atomic E-state index is 5.22. The van der Waals surface area contributed by atoms with Crippen molar-refractivity contribution < 1.29 is 0 Å². The molecule has 3 heteroatoms. The lowest BCUT2D eigenvalue weighted by molar-refractivity contribution is 0.660. The number of imidazole rings is 1. The van der Waals surface area contributed by atoms with Gasteiger partial charge >= 0.3 is 0 Å². The molecule has 0 unspecified atom stereocenters. The number of hydrogen-bond donors (Lipinski definition) is 0. The van der Waals surface area contributed by atoms with Gasteiger partial charge in [-0.3, -0.25) is 4.40 Å². The van der Waals surface area contributed by atoms with E-state index >= 15 is 0 Å². The average molecular weight is 626 g/mol. The molecule has 3 nitrogen and oxygen atoms in total. The highest BCUT2D eigenvalue weighted by atomic mass is 15.1. The van der Waals surface area contributed by atoms with E-state index in [1.54, 1.807) is 0 Å². The molecule has 0 fully saturated rings. The van der Waals surface area contributed by atoms with Crippen LogP contribution in [0.3, 0.4) is 0 Å². The van der Waals surface area contributed by atoms with Crippen molar-refractivity contribution in [3.05, 3.63) is 163 Å². The van der Waals surface area contributed by atoms with E-state index in [0.717, 1.165) is 27.8 Å². The highest BCUT2D eigenvalue weighted by Gasteiger charge is 2.35. The third-order valence-electron chi connectivity index (χ3n) is 11.1. The van der Waals surface area contributed by atoms with Crippen LogP contribution in [0.5, 0.6) is 0 Å². The summed E-state index contributed by atoms with van der Waals surface area (Å²) in [5, 5.41) is 6.08. The zero-order valence-electron chi connectivity index (χ0n) is 27.3. The molecule has 0 amide bonds. The van der Waals surface area contributed by atoms with Crippen molar-refractivity contribution in [3.63, 3.8) is 0 Å². The summed E-state index contributed by atoms with van der Waals surface area (Å²) in [5.41, 5.74) is 15.7. The van der Waals surface area contributed by atoms with Gasteiger partial charge in [0.15, 0.2) is 0 Å². The fourth-order valence-corrected chi connectivity index (χ4v) is 8.82. The van der Waals surface area contributed by atoms with E-state index in [9.17, 15) is 0 Å². The summed E-state index contributed by atoms with van der Waals surface area (Å²) in [6, 6.07) is 55.7. The Bertz CT molecular complexity index is 3030. The number of fused-ring (bicyclic) bond motifs is 15. The molecule has 0 spiro atoms. The molecule has 230 valence electrons. The zero-order chi connectivity index (χ0) is 32.4. The van der Waals surface area contributed by atoms with Gasteiger partial charge in [0.1, 0.15) is 5.65 Å². The second-order valence-electron chi connectivity index (χ2n) is 14.0. The van der Waals surface area contributed by atoms with Crippen LogP contribution in [0.1, 0.15) is 25.0 Å². The van der Waals surface area contributed by atoms with Crippen molar-refractivity contribution in [2.75, 3.05) is 0 Å². The fourth-order valence-electron chi connectivity index (χ4n) is 8.82. The highest BCUT2D eigenvalue weighted by Crippen LogP contribution is 2.49. The topological polar surface area (TPSA) is 22.2 Å². The van der Waals surface area contributed by atoms with E-state index in [-0.39, 0.29) is 5.41 Å². The SMILES string of the molecule is CC1(C)c2ccccc2-c2cc(-c3cccc(-n4c5ccccc5c5ccc6c7ccccc7c7nc8ccccc8n7c6c54)c3)ccc21. The largest absolute Gasteiger partial charge is 0.307 e. The Morgan fingerprint density at radius 1 is 0.469 bits per heavy atom. The fraction of sp³-hybridized carbons (Fsp3) is 0.0652. The van der Waals surface area contributed by atoms with Crippen molar-refractivity contribution in [2.45, 2.75) is 19.3 Å². The van der Waals surface area contributed by atoms with Crippen molar-refractivity contribution in [2.24, 2.45) is 0 Å². The van der Waals surface area contributed by atoms with Crippen LogP contribution in [0.4, 0.5) is 0 Å². The minimum Gasteiger partial charge on any atom is -0.307 e. The van der Waals surface area contributed by atoms with E-state index in [0.29, 0.717) is 0 Å². The lowest BCUT2D eigenvalue weighted by Gasteiger charge is -2.21. The molecule has 3 heterocycles. The van der Waals surface area contributed by atoms with E-state index in [1.165, 1.54) is 71.5 Å². The molecule has 49 heavy (non-hydrogen) atoms. The molecule has 7 aromatic carbocycles. The summed E-state index contributed by atoms with van der Waals surface area (Å²) in [7, 11) is 0. The summed E-state index contributed by atoms with van der Waals surface area (Å²) in [6.07, 6.45) is 0. The predicted octanol–water partition coefficient (Wildman–Crippen LogP) is 11.9. The van der Waals surface area contributed by atoms with Crippen LogP contribution in [0.2, 0.25) is 0 Å². The molecule has 3 aromatic heterocycles. The second kappa shape index (κ2) is 9.46. The maximum absolute atomic E-state index is 5.22. The molecule has 0 saturated carbocycles. The summed E-state index contributed by atoms with van der Waals surface area (Å²) in [4.78, 5) is 5.22. The number of nitrogens with zero attached hydrogens (tertiary/aromatic N) is 3. The number of hydrogen-bond acceptors (Lipinski definition) is 1. The lowest BCUT2D eigenvalue weighted by Crippen LogP contribution is -2.14. The molecular weight excluding hydrogens is 595 g/mol. The van der Waals surface area contributed by atoms with Crippen molar-refractivity contribution in [1.82, 2.24) is 14.0 Å². The average Bonchev–Trinajstić information content (AvgIpc) is 3.78. The number of aromatic nitrogens is 3. The third-order valence-corrected chi connectivity index (χ3v) is 11.1. The van der Waals surface area contributed by atoms with Crippen LogP contribution >= 0.6 is 0 Å². The third kappa shape index (κ3) is 3.49. The van der Waals surface area contributed by atoms with Crippen molar-refractivity contribution in [3.8, 4) is 27.9 Å². The Kier molecular flexibility index (Phi) is 5.18. The normalized spacial score (nSPS) is 13.7. The lowest BCUT2D eigenvalue weighted by atomic mass is 9.82. The minimum absolute atomic E-state index is 0.0106. The van der Waals surface area contributed by atoms with Gasteiger partial charge in [0.05, 0.1) is 27.6 Å².